The maximum Gasteiger partial charge on any atom is 0.263 e. The van der Waals surface area contributed by atoms with Gasteiger partial charge in [-0.05, 0) is 73.1 Å². The number of hydrogen-bond acceptors (Lipinski definition) is 4. The number of carbonyl (C=O) groups is 1. The lowest BCUT2D eigenvalue weighted by Crippen LogP contribution is -2.23. The molecule has 1 aliphatic rings. The minimum absolute atomic E-state index is 0.0427. The number of rotatable bonds is 7. The first-order valence-electron chi connectivity index (χ1n) is 9.55. The molecular weight excluding hydrogens is 386 g/mol. The molecule has 0 saturated heterocycles. The number of nitrogens with zero attached hydrogens (tertiary/aromatic N) is 1. The third-order valence-electron chi connectivity index (χ3n) is 4.94. The fourth-order valence-corrected chi connectivity index (χ4v) is 4.53. The standard InChI is InChI=1S/C22H25N3O3S/c1-16(20-10-3-4-11-21(20)22(26)23-2)13-17-7-5-8-18(14-17)25-29(27,28)19-9-6-12-24-15-19/h5-9,12,14-15,25H,1,3-4,10-11,13H2,2H3,(H,23,26). The van der Waals surface area contributed by atoms with Crippen molar-refractivity contribution in [1.29, 1.82) is 0 Å². The highest BCUT2D eigenvalue weighted by atomic mass is 32.2. The second kappa shape index (κ2) is 9.05. The highest BCUT2D eigenvalue weighted by Crippen LogP contribution is 2.31. The summed E-state index contributed by atoms with van der Waals surface area (Å²) < 4.78 is 27.6. The van der Waals surface area contributed by atoms with Crippen molar-refractivity contribution in [3.8, 4) is 0 Å². The van der Waals surface area contributed by atoms with Gasteiger partial charge in [-0.15, -0.1) is 0 Å². The molecule has 1 aromatic heterocycles. The van der Waals surface area contributed by atoms with E-state index in [-0.39, 0.29) is 10.8 Å². The zero-order valence-corrected chi connectivity index (χ0v) is 17.3. The van der Waals surface area contributed by atoms with E-state index >= 15 is 0 Å². The van der Waals surface area contributed by atoms with Crippen LogP contribution >= 0.6 is 0 Å². The summed E-state index contributed by atoms with van der Waals surface area (Å²) in [5, 5.41) is 2.71. The molecule has 29 heavy (non-hydrogen) atoms. The Morgan fingerprint density at radius 1 is 1.14 bits per heavy atom. The van der Waals surface area contributed by atoms with Crippen LogP contribution in [0.5, 0.6) is 0 Å². The molecule has 0 atom stereocenters. The number of carbonyl (C=O) groups excluding carboxylic acids is 1. The molecular formula is C22H25N3O3S. The van der Waals surface area contributed by atoms with E-state index in [0.717, 1.165) is 48.0 Å². The Bertz CT molecular complexity index is 1040. The van der Waals surface area contributed by atoms with Gasteiger partial charge in [-0.2, -0.15) is 0 Å². The first-order valence-corrected chi connectivity index (χ1v) is 11.0. The molecule has 0 saturated carbocycles. The van der Waals surface area contributed by atoms with Crippen LogP contribution < -0.4 is 10.0 Å². The summed E-state index contributed by atoms with van der Waals surface area (Å²) in [6.07, 6.45) is 7.04. The van der Waals surface area contributed by atoms with Crippen LogP contribution in [0.25, 0.3) is 0 Å². The van der Waals surface area contributed by atoms with Gasteiger partial charge in [0.05, 0.1) is 0 Å². The molecule has 3 rings (SSSR count). The van der Waals surface area contributed by atoms with Gasteiger partial charge in [0.2, 0.25) is 5.91 Å². The fourth-order valence-electron chi connectivity index (χ4n) is 3.51. The van der Waals surface area contributed by atoms with Crippen LogP contribution in [-0.2, 0) is 21.2 Å². The van der Waals surface area contributed by atoms with Gasteiger partial charge in [-0.25, -0.2) is 8.42 Å². The summed E-state index contributed by atoms with van der Waals surface area (Å²) in [6, 6.07) is 10.3. The Morgan fingerprint density at radius 3 is 2.59 bits per heavy atom. The Hall–Kier alpha value is -2.93. The first kappa shape index (κ1) is 20.8. The number of sulfonamides is 1. The molecule has 6 nitrogen and oxygen atoms in total. The number of amides is 1. The Balaban J connectivity index is 1.79. The van der Waals surface area contributed by atoms with Gasteiger partial charge in [0.25, 0.3) is 10.0 Å². The molecule has 0 fully saturated rings. The molecule has 1 aromatic carbocycles. The SMILES string of the molecule is C=C(Cc1cccc(NS(=O)(=O)c2cccnc2)c1)C1=C(C(=O)NC)CCCC1. The number of anilines is 1. The lowest BCUT2D eigenvalue weighted by atomic mass is 9.85. The third kappa shape index (κ3) is 5.12. The Labute approximate surface area is 171 Å². The van der Waals surface area contributed by atoms with E-state index in [1.54, 1.807) is 31.3 Å². The van der Waals surface area contributed by atoms with Crippen molar-refractivity contribution in [2.75, 3.05) is 11.8 Å². The van der Waals surface area contributed by atoms with Crippen LogP contribution in [0.2, 0.25) is 0 Å². The summed E-state index contributed by atoms with van der Waals surface area (Å²) in [4.78, 5) is 16.2. The van der Waals surface area contributed by atoms with E-state index in [9.17, 15) is 13.2 Å². The van der Waals surface area contributed by atoms with E-state index < -0.39 is 10.0 Å². The van der Waals surface area contributed by atoms with E-state index in [1.165, 1.54) is 18.5 Å². The molecule has 1 heterocycles. The Morgan fingerprint density at radius 2 is 1.90 bits per heavy atom. The van der Waals surface area contributed by atoms with Crippen LogP contribution in [0.15, 0.2) is 77.0 Å². The second-order valence-electron chi connectivity index (χ2n) is 7.02. The molecule has 2 aromatic rings. The van der Waals surface area contributed by atoms with Crippen LogP contribution in [0.4, 0.5) is 5.69 Å². The first-order chi connectivity index (χ1) is 13.9. The lowest BCUT2D eigenvalue weighted by Gasteiger charge is -2.21. The number of benzene rings is 1. The fraction of sp³-hybridized carbons (Fsp3) is 0.273. The smallest absolute Gasteiger partial charge is 0.263 e. The summed E-state index contributed by atoms with van der Waals surface area (Å²) in [5.74, 6) is -0.0427. The van der Waals surface area contributed by atoms with E-state index in [1.807, 2.05) is 6.07 Å². The number of nitrogens with one attached hydrogen (secondary N) is 2. The average Bonchev–Trinajstić information content (AvgIpc) is 2.73. The van der Waals surface area contributed by atoms with Gasteiger partial charge in [-0.3, -0.25) is 14.5 Å². The van der Waals surface area contributed by atoms with Gasteiger partial charge in [0, 0.05) is 30.7 Å². The molecule has 0 unspecified atom stereocenters. The summed E-state index contributed by atoms with van der Waals surface area (Å²) in [6.45, 7) is 4.21. The highest BCUT2D eigenvalue weighted by molar-refractivity contribution is 7.92. The van der Waals surface area contributed by atoms with Crippen molar-refractivity contribution in [3.05, 3.63) is 77.7 Å². The molecule has 0 aliphatic heterocycles. The van der Waals surface area contributed by atoms with Crippen molar-refractivity contribution in [1.82, 2.24) is 10.3 Å². The normalized spacial score (nSPS) is 14.4. The largest absolute Gasteiger partial charge is 0.355 e. The van der Waals surface area contributed by atoms with Crippen LogP contribution in [0.3, 0.4) is 0 Å². The van der Waals surface area contributed by atoms with Crippen molar-refractivity contribution in [3.63, 3.8) is 0 Å². The molecule has 0 bridgehead atoms. The number of likely N-dealkylation sites (N-methyl/N-ethyl adjacent to an activating group) is 1. The predicted octanol–water partition coefficient (Wildman–Crippen LogP) is 3.60. The van der Waals surface area contributed by atoms with Crippen LogP contribution in [0, 0.1) is 0 Å². The summed E-state index contributed by atoms with van der Waals surface area (Å²) >= 11 is 0. The van der Waals surface area contributed by atoms with Gasteiger partial charge in [0.1, 0.15) is 4.90 Å². The second-order valence-corrected chi connectivity index (χ2v) is 8.70. The summed E-state index contributed by atoms with van der Waals surface area (Å²) in [7, 11) is -2.06. The predicted molar refractivity (Wildman–Crippen MR) is 114 cm³/mol. The number of hydrogen-bond donors (Lipinski definition) is 2. The van der Waals surface area contributed by atoms with Crippen molar-refractivity contribution < 1.29 is 13.2 Å². The topological polar surface area (TPSA) is 88.2 Å². The third-order valence-corrected chi connectivity index (χ3v) is 6.30. The van der Waals surface area contributed by atoms with E-state index in [4.69, 9.17) is 0 Å². The lowest BCUT2D eigenvalue weighted by molar-refractivity contribution is -0.117. The number of aromatic nitrogens is 1. The Kier molecular flexibility index (Phi) is 6.49. The minimum atomic E-state index is -3.70. The number of allylic oxidation sites excluding steroid dienone is 2. The van der Waals surface area contributed by atoms with Crippen molar-refractivity contribution in [2.24, 2.45) is 0 Å². The van der Waals surface area contributed by atoms with Gasteiger partial charge >= 0.3 is 0 Å². The van der Waals surface area contributed by atoms with E-state index in [2.05, 4.69) is 21.6 Å². The zero-order chi connectivity index (χ0) is 20.9. The number of pyridine rings is 1. The molecule has 152 valence electrons. The van der Waals surface area contributed by atoms with E-state index in [0.29, 0.717) is 12.1 Å². The molecule has 2 N–H and O–H groups in total. The quantitative estimate of drug-likeness (QED) is 0.729. The van der Waals surface area contributed by atoms with Gasteiger partial charge in [0.15, 0.2) is 0 Å². The zero-order valence-electron chi connectivity index (χ0n) is 16.4. The maximum atomic E-state index is 12.5. The average molecular weight is 412 g/mol. The van der Waals surface area contributed by atoms with Gasteiger partial charge < -0.3 is 5.32 Å². The minimum Gasteiger partial charge on any atom is -0.355 e. The van der Waals surface area contributed by atoms with Gasteiger partial charge in [-0.1, -0.05) is 18.7 Å². The molecule has 1 amide bonds. The summed E-state index contributed by atoms with van der Waals surface area (Å²) in [5.41, 5.74) is 4.14. The monoisotopic (exact) mass is 411 g/mol. The van der Waals surface area contributed by atoms with Crippen molar-refractivity contribution >= 4 is 21.6 Å². The molecule has 0 spiro atoms. The molecule has 7 heteroatoms. The van der Waals surface area contributed by atoms with Crippen LogP contribution in [-0.4, -0.2) is 26.4 Å². The van der Waals surface area contributed by atoms with Crippen molar-refractivity contribution in [2.45, 2.75) is 37.0 Å². The molecule has 0 radical (unpaired) electrons. The van der Waals surface area contributed by atoms with Crippen LogP contribution in [0.1, 0.15) is 31.2 Å². The maximum absolute atomic E-state index is 12.5. The molecule has 1 aliphatic carbocycles. The highest BCUT2D eigenvalue weighted by Gasteiger charge is 2.20.